The first kappa shape index (κ1) is 16.7. The molecule has 0 saturated carbocycles. The molecule has 1 fully saturated rings. The molecule has 0 radical (unpaired) electrons. The molecule has 1 aromatic carbocycles. The van der Waals surface area contributed by atoms with Gasteiger partial charge in [-0.05, 0) is 26.3 Å². The molecule has 1 aliphatic heterocycles. The third-order valence-electron chi connectivity index (χ3n) is 3.34. The van der Waals surface area contributed by atoms with Crippen molar-refractivity contribution in [3.8, 4) is 0 Å². The van der Waals surface area contributed by atoms with Gasteiger partial charge in [0.05, 0.1) is 0 Å². The summed E-state index contributed by atoms with van der Waals surface area (Å²) < 4.78 is 5.28. The predicted molar refractivity (Wildman–Crippen MR) is 85.9 cm³/mol. The molecule has 4 N–H and O–H groups in total. The quantitative estimate of drug-likeness (QED) is 0.661. The molecule has 0 spiro atoms. The topological polar surface area (TPSA) is 74.4 Å². The average Bonchev–Trinajstić information content (AvgIpc) is 2.85. The van der Waals surface area contributed by atoms with E-state index < -0.39 is 11.7 Å². The minimum atomic E-state index is -0.489. The highest BCUT2D eigenvalue weighted by atomic mass is 16.6. The van der Waals surface area contributed by atoms with E-state index in [2.05, 4.69) is 33.6 Å². The molecule has 0 bridgehead atoms. The minimum absolute atomic E-state index is 0.141. The lowest BCUT2D eigenvalue weighted by atomic mass is 10.1. The Bertz CT molecular complexity index is 473. The van der Waals surface area contributed by atoms with Gasteiger partial charge in [-0.15, -0.1) is 0 Å². The number of hydrogen-bond donors (Lipinski definition) is 4. The molecule has 122 valence electrons. The van der Waals surface area contributed by atoms with Gasteiger partial charge in [0.1, 0.15) is 11.8 Å². The van der Waals surface area contributed by atoms with E-state index in [1.165, 1.54) is 5.56 Å². The Labute approximate surface area is 132 Å². The molecular weight excluding hydrogens is 280 g/mol. The number of hydrazine groups is 1. The van der Waals surface area contributed by atoms with Gasteiger partial charge in [-0.3, -0.25) is 5.43 Å². The Balaban J connectivity index is 1.75. The Kier molecular flexibility index (Phi) is 5.76. The minimum Gasteiger partial charge on any atom is -0.444 e. The summed E-state index contributed by atoms with van der Waals surface area (Å²) in [6, 6.07) is 10.3. The number of nitrogens with one attached hydrogen (secondary N) is 4. The van der Waals surface area contributed by atoms with Gasteiger partial charge in [0.25, 0.3) is 0 Å². The summed E-state index contributed by atoms with van der Waals surface area (Å²) in [7, 11) is 0. The fourth-order valence-corrected chi connectivity index (χ4v) is 2.31. The molecule has 2 unspecified atom stereocenters. The van der Waals surface area contributed by atoms with Crippen molar-refractivity contribution in [3.63, 3.8) is 0 Å². The highest BCUT2D eigenvalue weighted by molar-refractivity contribution is 5.68. The molecule has 2 atom stereocenters. The van der Waals surface area contributed by atoms with Crippen LogP contribution in [0.3, 0.4) is 0 Å². The van der Waals surface area contributed by atoms with E-state index in [-0.39, 0.29) is 12.1 Å². The number of hydrogen-bond acceptors (Lipinski definition) is 5. The lowest BCUT2D eigenvalue weighted by molar-refractivity contribution is 0.0485. The molecule has 6 nitrogen and oxygen atoms in total. The van der Waals surface area contributed by atoms with Crippen LogP contribution in [0.2, 0.25) is 0 Å². The molecule has 0 aromatic heterocycles. The van der Waals surface area contributed by atoms with Gasteiger partial charge in [-0.1, -0.05) is 30.3 Å². The monoisotopic (exact) mass is 306 g/mol. The molecular formula is C16H26N4O2. The Morgan fingerprint density at radius 3 is 2.73 bits per heavy atom. The number of rotatable bonds is 5. The van der Waals surface area contributed by atoms with E-state index in [1.54, 1.807) is 0 Å². The molecule has 1 aliphatic rings. The number of alkyl carbamates (subject to hydrolysis) is 1. The highest BCUT2D eigenvalue weighted by Gasteiger charge is 2.29. The zero-order valence-electron chi connectivity index (χ0n) is 13.5. The molecule has 0 aliphatic carbocycles. The number of carbonyl (C=O) groups excluding carboxylic acids is 1. The van der Waals surface area contributed by atoms with Crippen molar-refractivity contribution in [1.29, 1.82) is 0 Å². The predicted octanol–water partition coefficient (Wildman–Crippen LogP) is 1.35. The van der Waals surface area contributed by atoms with Crippen LogP contribution in [0, 0.1) is 5.92 Å². The van der Waals surface area contributed by atoms with Crippen molar-refractivity contribution in [3.05, 3.63) is 35.9 Å². The molecule has 1 heterocycles. The van der Waals surface area contributed by atoms with E-state index in [0.717, 1.165) is 19.6 Å². The van der Waals surface area contributed by atoms with Crippen LogP contribution in [0.15, 0.2) is 30.3 Å². The van der Waals surface area contributed by atoms with Gasteiger partial charge in [-0.2, -0.15) is 0 Å². The van der Waals surface area contributed by atoms with Crippen LogP contribution in [0.5, 0.6) is 0 Å². The normalized spacial score (nSPS) is 21.6. The first-order valence-corrected chi connectivity index (χ1v) is 7.66. The summed E-state index contributed by atoms with van der Waals surface area (Å²) in [5.41, 5.74) is 6.91. The van der Waals surface area contributed by atoms with E-state index in [0.29, 0.717) is 0 Å². The van der Waals surface area contributed by atoms with Crippen molar-refractivity contribution < 1.29 is 9.53 Å². The lowest BCUT2D eigenvalue weighted by Gasteiger charge is -2.24. The number of carbonyl (C=O) groups is 1. The fourth-order valence-electron chi connectivity index (χ4n) is 2.31. The first-order chi connectivity index (χ1) is 10.4. The lowest BCUT2D eigenvalue weighted by Crippen LogP contribution is -2.50. The van der Waals surface area contributed by atoms with Gasteiger partial charge in [-0.25, -0.2) is 10.2 Å². The van der Waals surface area contributed by atoms with E-state index in [1.807, 2.05) is 39.0 Å². The van der Waals surface area contributed by atoms with Crippen LogP contribution in [0.25, 0.3) is 0 Å². The fraction of sp³-hybridized carbons (Fsp3) is 0.562. The Morgan fingerprint density at radius 1 is 1.32 bits per heavy atom. The molecule has 1 aromatic rings. The van der Waals surface area contributed by atoms with Crippen LogP contribution in [-0.4, -0.2) is 30.9 Å². The second kappa shape index (κ2) is 7.58. The van der Waals surface area contributed by atoms with Crippen molar-refractivity contribution in [2.45, 2.75) is 39.1 Å². The molecule has 1 amide bonds. The van der Waals surface area contributed by atoms with E-state index in [9.17, 15) is 4.79 Å². The second-order valence-corrected chi connectivity index (χ2v) is 6.53. The van der Waals surface area contributed by atoms with Crippen molar-refractivity contribution in [1.82, 2.24) is 21.5 Å². The Hall–Kier alpha value is -1.63. The zero-order chi connectivity index (χ0) is 16.0. The largest absolute Gasteiger partial charge is 0.444 e. The third-order valence-corrected chi connectivity index (χ3v) is 3.34. The van der Waals surface area contributed by atoms with Crippen LogP contribution in [-0.2, 0) is 11.3 Å². The molecule has 6 heteroatoms. The summed E-state index contributed by atoms with van der Waals surface area (Å²) >= 11 is 0. The van der Waals surface area contributed by atoms with Crippen LogP contribution in [0.4, 0.5) is 4.79 Å². The highest BCUT2D eigenvalue weighted by Crippen LogP contribution is 2.09. The van der Waals surface area contributed by atoms with Crippen molar-refractivity contribution in [2.24, 2.45) is 5.92 Å². The number of benzene rings is 1. The summed E-state index contributed by atoms with van der Waals surface area (Å²) in [6.07, 6.45) is -0.542. The van der Waals surface area contributed by atoms with Crippen LogP contribution < -0.4 is 21.5 Å². The maximum atomic E-state index is 11.8. The maximum absolute atomic E-state index is 11.8. The molecule has 1 saturated heterocycles. The maximum Gasteiger partial charge on any atom is 0.408 e. The van der Waals surface area contributed by atoms with Gasteiger partial charge >= 0.3 is 6.09 Å². The van der Waals surface area contributed by atoms with Gasteiger partial charge in [0, 0.05) is 25.6 Å². The standard InChI is InChI=1S/C16H26N4O2/c1-16(2,3)22-15(21)19-14-13(11-18-20-14)10-17-9-12-7-5-4-6-8-12/h4-8,13-14,17-18,20H,9-11H2,1-3H3,(H,19,21). The summed E-state index contributed by atoms with van der Waals surface area (Å²) in [5, 5.41) is 6.28. The first-order valence-electron chi connectivity index (χ1n) is 7.66. The van der Waals surface area contributed by atoms with E-state index >= 15 is 0 Å². The molecule has 2 rings (SSSR count). The van der Waals surface area contributed by atoms with Crippen molar-refractivity contribution in [2.75, 3.05) is 13.1 Å². The van der Waals surface area contributed by atoms with Gasteiger partial charge in [0.2, 0.25) is 0 Å². The smallest absolute Gasteiger partial charge is 0.408 e. The van der Waals surface area contributed by atoms with Gasteiger partial charge < -0.3 is 15.4 Å². The van der Waals surface area contributed by atoms with Crippen LogP contribution >= 0.6 is 0 Å². The average molecular weight is 306 g/mol. The summed E-state index contributed by atoms with van der Waals surface area (Å²) in [5.74, 6) is 0.260. The second-order valence-electron chi connectivity index (χ2n) is 6.53. The SMILES string of the molecule is CC(C)(C)OC(=O)NC1NNCC1CNCc1ccccc1. The van der Waals surface area contributed by atoms with Crippen molar-refractivity contribution >= 4 is 6.09 Å². The van der Waals surface area contributed by atoms with E-state index in [4.69, 9.17) is 4.74 Å². The molecule has 22 heavy (non-hydrogen) atoms. The zero-order valence-corrected chi connectivity index (χ0v) is 13.5. The summed E-state index contributed by atoms with van der Waals surface area (Å²) in [4.78, 5) is 11.8. The summed E-state index contributed by atoms with van der Waals surface area (Å²) in [6.45, 7) is 7.97. The third kappa shape index (κ3) is 5.63. The van der Waals surface area contributed by atoms with Gasteiger partial charge in [0.15, 0.2) is 0 Å². The Morgan fingerprint density at radius 2 is 2.05 bits per heavy atom. The number of amides is 1. The van der Waals surface area contributed by atoms with Crippen LogP contribution in [0.1, 0.15) is 26.3 Å². The number of ether oxygens (including phenoxy) is 1.